The van der Waals surface area contributed by atoms with Gasteiger partial charge in [0.2, 0.25) is 5.91 Å². The number of pyridine rings is 1. The second-order valence-corrected chi connectivity index (χ2v) is 6.67. The molecule has 0 saturated carbocycles. The molecule has 0 atom stereocenters. The number of rotatable bonds is 8. The fraction of sp³-hybridized carbons (Fsp3) is 0.300. The van der Waals surface area contributed by atoms with E-state index in [2.05, 4.69) is 15.3 Å². The van der Waals surface area contributed by atoms with Gasteiger partial charge >= 0.3 is 0 Å². The smallest absolute Gasteiger partial charge is 0.262 e. The van der Waals surface area contributed by atoms with Gasteiger partial charge in [-0.3, -0.25) is 19.1 Å². The minimum absolute atomic E-state index is 0.0810. The summed E-state index contributed by atoms with van der Waals surface area (Å²) in [5.74, 6) is 0.437. The number of amides is 1. The van der Waals surface area contributed by atoms with E-state index < -0.39 is 0 Å². The Morgan fingerprint density at radius 1 is 1.32 bits per heavy atom. The van der Waals surface area contributed by atoms with Crippen molar-refractivity contribution in [3.8, 4) is 5.75 Å². The molecule has 0 spiro atoms. The van der Waals surface area contributed by atoms with Crippen molar-refractivity contribution in [2.45, 2.75) is 26.3 Å². The summed E-state index contributed by atoms with van der Waals surface area (Å²) >= 11 is 5.90. The maximum absolute atomic E-state index is 12.7. The quantitative estimate of drug-likeness (QED) is 0.587. The standard InChI is InChI=1S/C20H21ClN4O3/c1-2-14-10-22-11-17-19(14)20(27)25(13-24-17)12-18(26)23-7-4-8-28-16-6-3-5-15(21)9-16/h3,5-6,9-11,13H,2,4,7-8,12H2,1H3,(H,23,26). The topological polar surface area (TPSA) is 86.1 Å². The third-order valence-electron chi connectivity index (χ3n) is 4.22. The summed E-state index contributed by atoms with van der Waals surface area (Å²) in [7, 11) is 0. The molecule has 146 valence electrons. The molecule has 0 aliphatic heterocycles. The number of fused-ring (bicyclic) bond motifs is 1. The number of hydrogen-bond donors (Lipinski definition) is 1. The molecule has 1 N–H and O–H groups in total. The van der Waals surface area contributed by atoms with Crippen LogP contribution in [0.4, 0.5) is 0 Å². The molecule has 3 aromatic rings. The molecule has 3 rings (SSSR count). The van der Waals surface area contributed by atoms with Crippen LogP contribution in [-0.4, -0.2) is 33.6 Å². The van der Waals surface area contributed by atoms with Crippen molar-refractivity contribution in [2.24, 2.45) is 0 Å². The lowest BCUT2D eigenvalue weighted by molar-refractivity contribution is -0.121. The number of aryl methyl sites for hydroxylation is 1. The van der Waals surface area contributed by atoms with Gasteiger partial charge in [-0.05, 0) is 36.6 Å². The van der Waals surface area contributed by atoms with Crippen LogP contribution in [0.25, 0.3) is 10.9 Å². The number of nitrogens with zero attached hydrogens (tertiary/aromatic N) is 3. The minimum atomic E-state index is -0.252. The Morgan fingerprint density at radius 2 is 2.18 bits per heavy atom. The highest BCUT2D eigenvalue weighted by Gasteiger charge is 2.11. The zero-order chi connectivity index (χ0) is 19.9. The Balaban J connectivity index is 1.52. The molecule has 8 heteroatoms. The fourth-order valence-corrected chi connectivity index (χ4v) is 2.98. The third kappa shape index (κ3) is 4.86. The van der Waals surface area contributed by atoms with Crippen LogP contribution in [0.5, 0.6) is 5.75 Å². The maximum Gasteiger partial charge on any atom is 0.262 e. The van der Waals surface area contributed by atoms with Crippen molar-refractivity contribution in [1.82, 2.24) is 19.9 Å². The highest BCUT2D eigenvalue weighted by atomic mass is 35.5. The number of ether oxygens (including phenoxy) is 1. The number of hydrogen-bond acceptors (Lipinski definition) is 5. The second kappa shape index (κ2) is 9.32. The Kier molecular flexibility index (Phi) is 6.60. The lowest BCUT2D eigenvalue weighted by Gasteiger charge is -2.10. The Morgan fingerprint density at radius 3 is 2.96 bits per heavy atom. The molecule has 0 fully saturated rings. The average Bonchev–Trinajstić information content (AvgIpc) is 2.69. The molecule has 0 unspecified atom stereocenters. The molecule has 0 bridgehead atoms. The highest BCUT2D eigenvalue weighted by Crippen LogP contribution is 2.17. The molecular weight excluding hydrogens is 380 g/mol. The van der Waals surface area contributed by atoms with Crippen molar-refractivity contribution < 1.29 is 9.53 Å². The first-order valence-electron chi connectivity index (χ1n) is 9.05. The van der Waals surface area contributed by atoms with E-state index in [1.807, 2.05) is 19.1 Å². The monoisotopic (exact) mass is 400 g/mol. The molecule has 28 heavy (non-hydrogen) atoms. The van der Waals surface area contributed by atoms with E-state index >= 15 is 0 Å². The normalized spacial score (nSPS) is 10.8. The van der Waals surface area contributed by atoms with Crippen LogP contribution in [0.1, 0.15) is 18.9 Å². The number of benzene rings is 1. The Hall–Kier alpha value is -2.93. The minimum Gasteiger partial charge on any atom is -0.493 e. The van der Waals surface area contributed by atoms with Crippen LogP contribution in [0.15, 0.2) is 47.8 Å². The summed E-state index contributed by atoms with van der Waals surface area (Å²) in [5.41, 5.74) is 1.13. The first-order valence-corrected chi connectivity index (χ1v) is 9.43. The van der Waals surface area contributed by atoms with Crippen LogP contribution in [-0.2, 0) is 17.8 Å². The number of halogens is 1. The lowest BCUT2D eigenvalue weighted by atomic mass is 10.1. The number of aromatic nitrogens is 3. The molecule has 0 aliphatic carbocycles. The third-order valence-corrected chi connectivity index (χ3v) is 4.45. The summed E-state index contributed by atoms with van der Waals surface area (Å²) < 4.78 is 6.89. The molecule has 2 heterocycles. The van der Waals surface area contributed by atoms with E-state index in [1.54, 1.807) is 24.5 Å². The van der Waals surface area contributed by atoms with Gasteiger partial charge in [-0.25, -0.2) is 4.98 Å². The molecule has 2 aromatic heterocycles. The van der Waals surface area contributed by atoms with E-state index in [0.717, 1.165) is 5.56 Å². The van der Waals surface area contributed by atoms with Crippen molar-refractivity contribution in [1.29, 1.82) is 0 Å². The first-order chi connectivity index (χ1) is 13.6. The SMILES string of the molecule is CCc1cncc2ncn(CC(=O)NCCCOc3cccc(Cl)c3)c(=O)c12. The lowest BCUT2D eigenvalue weighted by Crippen LogP contribution is -2.33. The van der Waals surface area contributed by atoms with E-state index in [0.29, 0.717) is 47.7 Å². The van der Waals surface area contributed by atoms with E-state index in [1.165, 1.54) is 10.9 Å². The fourth-order valence-electron chi connectivity index (χ4n) is 2.80. The Bertz CT molecular complexity index is 1040. The molecular formula is C20H21ClN4O3. The van der Waals surface area contributed by atoms with Gasteiger partial charge in [0.25, 0.3) is 5.56 Å². The van der Waals surface area contributed by atoms with Gasteiger partial charge in [-0.1, -0.05) is 24.6 Å². The number of carbonyl (C=O) groups is 1. The molecule has 7 nitrogen and oxygen atoms in total. The summed E-state index contributed by atoms with van der Waals surface area (Å²) in [6.45, 7) is 2.76. The van der Waals surface area contributed by atoms with Gasteiger partial charge in [0, 0.05) is 17.8 Å². The van der Waals surface area contributed by atoms with E-state index in [9.17, 15) is 9.59 Å². The van der Waals surface area contributed by atoms with Crippen molar-refractivity contribution in [3.63, 3.8) is 0 Å². The van der Waals surface area contributed by atoms with Crippen LogP contribution in [0.2, 0.25) is 5.02 Å². The molecule has 0 saturated heterocycles. The van der Waals surface area contributed by atoms with Crippen LogP contribution in [0, 0.1) is 0 Å². The number of nitrogens with one attached hydrogen (secondary N) is 1. The molecule has 0 radical (unpaired) electrons. The van der Waals surface area contributed by atoms with E-state index in [-0.39, 0.29) is 18.0 Å². The van der Waals surface area contributed by atoms with Crippen LogP contribution in [0.3, 0.4) is 0 Å². The summed E-state index contributed by atoms with van der Waals surface area (Å²) in [6.07, 6.45) is 5.91. The van der Waals surface area contributed by atoms with Gasteiger partial charge in [-0.2, -0.15) is 0 Å². The van der Waals surface area contributed by atoms with Gasteiger partial charge in [0.05, 0.1) is 30.0 Å². The van der Waals surface area contributed by atoms with Crippen LogP contribution >= 0.6 is 11.6 Å². The zero-order valence-corrected chi connectivity index (χ0v) is 16.3. The van der Waals surface area contributed by atoms with Crippen molar-refractivity contribution in [2.75, 3.05) is 13.2 Å². The summed E-state index contributed by atoms with van der Waals surface area (Å²) in [4.78, 5) is 33.2. The predicted molar refractivity (Wildman–Crippen MR) is 108 cm³/mol. The Labute approximate surface area is 167 Å². The van der Waals surface area contributed by atoms with Crippen molar-refractivity contribution in [3.05, 3.63) is 63.9 Å². The average molecular weight is 401 g/mol. The highest BCUT2D eigenvalue weighted by molar-refractivity contribution is 6.30. The van der Waals surface area contributed by atoms with Gasteiger partial charge in [0.15, 0.2) is 0 Å². The van der Waals surface area contributed by atoms with Gasteiger partial charge in [-0.15, -0.1) is 0 Å². The summed E-state index contributed by atoms with van der Waals surface area (Å²) in [5, 5.41) is 3.92. The van der Waals surface area contributed by atoms with Crippen LogP contribution < -0.4 is 15.6 Å². The van der Waals surface area contributed by atoms with Gasteiger partial charge < -0.3 is 10.1 Å². The number of carbonyl (C=O) groups excluding carboxylic acids is 1. The van der Waals surface area contributed by atoms with E-state index in [4.69, 9.17) is 16.3 Å². The molecule has 0 aliphatic rings. The van der Waals surface area contributed by atoms with Crippen molar-refractivity contribution >= 4 is 28.4 Å². The predicted octanol–water partition coefficient (Wildman–Crippen LogP) is 2.59. The van der Waals surface area contributed by atoms with Gasteiger partial charge in [0.1, 0.15) is 12.3 Å². The molecule has 1 aromatic carbocycles. The summed E-state index contributed by atoms with van der Waals surface area (Å²) in [6, 6.07) is 7.15. The zero-order valence-electron chi connectivity index (χ0n) is 15.5. The first kappa shape index (κ1) is 19.8. The second-order valence-electron chi connectivity index (χ2n) is 6.23. The molecule has 1 amide bonds. The maximum atomic E-state index is 12.7. The largest absolute Gasteiger partial charge is 0.493 e.